The van der Waals surface area contributed by atoms with Crippen LogP contribution in [0.25, 0.3) is 4.91 Å². The van der Waals surface area contributed by atoms with Crippen molar-refractivity contribution in [2.45, 2.75) is 5.92 Å². The summed E-state index contributed by atoms with van der Waals surface area (Å²) in [6.45, 7) is 0. The smallest absolute Gasteiger partial charge is 0.282 e. The molecule has 3 rings (SSSR count). The lowest BCUT2D eigenvalue weighted by Crippen LogP contribution is -2.11. The third-order valence-corrected chi connectivity index (χ3v) is 3.98. The largest absolute Gasteiger partial charge is 0.295 e. The maximum absolute atomic E-state index is 11.4. The summed E-state index contributed by atoms with van der Waals surface area (Å²) in [5.74, 6) is 0.108. The zero-order valence-electron chi connectivity index (χ0n) is 8.87. The van der Waals surface area contributed by atoms with E-state index in [1.165, 1.54) is 0 Å². The lowest BCUT2D eigenvalue weighted by Gasteiger charge is -2.22. The molecule has 1 N–H and O–H groups in total. The van der Waals surface area contributed by atoms with Gasteiger partial charge in [-0.25, -0.2) is 0 Å². The van der Waals surface area contributed by atoms with Gasteiger partial charge in [0.15, 0.2) is 0 Å². The van der Waals surface area contributed by atoms with E-state index >= 15 is 0 Å². The molecule has 0 fully saturated rings. The minimum atomic E-state index is -4.19. The van der Waals surface area contributed by atoms with Crippen LogP contribution in [0.5, 0.6) is 0 Å². The van der Waals surface area contributed by atoms with Gasteiger partial charge in [-0.15, -0.1) is 0 Å². The molecule has 3 nitrogen and oxygen atoms in total. The fourth-order valence-corrected chi connectivity index (χ4v) is 3.10. The molecular weight excluding hydrogens is 236 g/mol. The van der Waals surface area contributed by atoms with Gasteiger partial charge in [-0.1, -0.05) is 42.5 Å². The quantitative estimate of drug-likeness (QED) is 0.775. The highest BCUT2D eigenvalue weighted by Crippen LogP contribution is 2.42. The molecule has 0 amide bonds. The molecule has 4 heteroatoms. The maximum atomic E-state index is 11.4. The van der Waals surface area contributed by atoms with Gasteiger partial charge in [0.2, 0.25) is 0 Å². The molecule has 0 saturated carbocycles. The van der Waals surface area contributed by atoms with E-state index in [0.29, 0.717) is 5.56 Å². The van der Waals surface area contributed by atoms with Crippen LogP contribution in [-0.4, -0.2) is 13.0 Å². The van der Waals surface area contributed by atoms with Gasteiger partial charge in [0.1, 0.15) is 4.91 Å². The maximum Gasteiger partial charge on any atom is 0.295 e. The molecule has 17 heavy (non-hydrogen) atoms. The van der Waals surface area contributed by atoms with E-state index in [4.69, 9.17) is 0 Å². The van der Waals surface area contributed by atoms with E-state index in [1.807, 2.05) is 30.4 Å². The average molecular weight is 246 g/mol. The van der Waals surface area contributed by atoms with Crippen LogP contribution in [0, 0.1) is 0 Å². The van der Waals surface area contributed by atoms with E-state index in [1.54, 1.807) is 18.2 Å². The van der Waals surface area contributed by atoms with Crippen molar-refractivity contribution in [3.05, 3.63) is 65.3 Å². The van der Waals surface area contributed by atoms with Crippen LogP contribution < -0.4 is 0 Å². The summed E-state index contributed by atoms with van der Waals surface area (Å²) in [6.07, 6.45) is 7.33. The third kappa shape index (κ3) is 1.57. The molecule has 0 spiro atoms. The fourth-order valence-electron chi connectivity index (χ4n) is 2.35. The molecule has 2 aliphatic carbocycles. The van der Waals surface area contributed by atoms with Gasteiger partial charge >= 0.3 is 0 Å². The Bertz CT molecular complexity index is 678. The van der Waals surface area contributed by atoms with Crippen LogP contribution in [0.2, 0.25) is 0 Å². The molecule has 0 radical (unpaired) electrons. The Morgan fingerprint density at radius 1 is 1.18 bits per heavy atom. The summed E-state index contributed by atoms with van der Waals surface area (Å²) in [5, 5.41) is 0. The number of fused-ring (bicyclic) bond motifs is 3. The molecule has 1 unspecified atom stereocenters. The molecule has 0 bridgehead atoms. The van der Waals surface area contributed by atoms with Crippen LogP contribution in [0.4, 0.5) is 0 Å². The molecule has 1 aromatic rings. The van der Waals surface area contributed by atoms with Crippen molar-refractivity contribution < 1.29 is 13.0 Å². The first-order valence-electron chi connectivity index (χ1n) is 5.24. The van der Waals surface area contributed by atoms with Gasteiger partial charge in [-0.2, -0.15) is 8.42 Å². The van der Waals surface area contributed by atoms with Gasteiger partial charge < -0.3 is 0 Å². The van der Waals surface area contributed by atoms with Crippen LogP contribution in [0.1, 0.15) is 17.0 Å². The molecule has 86 valence electrons. The fraction of sp³-hybridized carbons (Fsp3) is 0.0769. The van der Waals surface area contributed by atoms with Gasteiger partial charge in [0.05, 0.1) is 0 Å². The lowest BCUT2D eigenvalue weighted by atomic mass is 9.85. The standard InChI is InChI=1S/C13H10O3S/c14-17(15,16)13-8-9-4-3-7-10(9)11-5-1-2-6-12(11)13/h1-8,10H,(H,14,15,16). The normalized spacial score (nSPS) is 21.6. The van der Waals surface area contributed by atoms with Crippen molar-refractivity contribution in [3.63, 3.8) is 0 Å². The number of benzene rings is 1. The summed E-state index contributed by atoms with van der Waals surface area (Å²) >= 11 is 0. The van der Waals surface area contributed by atoms with Gasteiger partial charge in [-0.05, 0) is 22.8 Å². The van der Waals surface area contributed by atoms with Crippen molar-refractivity contribution in [1.29, 1.82) is 0 Å². The molecule has 1 aromatic carbocycles. The third-order valence-electron chi connectivity index (χ3n) is 3.09. The number of hydrogen-bond donors (Lipinski definition) is 1. The average Bonchev–Trinajstić information content (AvgIpc) is 2.74. The highest BCUT2D eigenvalue weighted by atomic mass is 32.2. The first-order valence-corrected chi connectivity index (χ1v) is 6.68. The predicted molar refractivity (Wildman–Crippen MR) is 65.9 cm³/mol. The molecule has 0 saturated heterocycles. The van der Waals surface area contributed by atoms with Crippen LogP contribution in [0.15, 0.2) is 54.1 Å². The van der Waals surface area contributed by atoms with Crippen LogP contribution in [0.3, 0.4) is 0 Å². The second-order valence-corrected chi connectivity index (χ2v) is 5.49. The molecular formula is C13H10O3S. The van der Waals surface area contributed by atoms with Crippen molar-refractivity contribution >= 4 is 15.0 Å². The molecule has 0 heterocycles. The summed E-state index contributed by atoms with van der Waals surface area (Å²) in [6, 6.07) is 7.25. The Morgan fingerprint density at radius 3 is 2.71 bits per heavy atom. The summed E-state index contributed by atoms with van der Waals surface area (Å²) < 4.78 is 32.0. The van der Waals surface area contributed by atoms with Gasteiger partial charge in [0.25, 0.3) is 10.1 Å². The molecule has 1 atom stereocenters. The molecule has 0 aliphatic heterocycles. The van der Waals surface area contributed by atoms with E-state index < -0.39 is 10.1 Å². The Labute approximate surface area is 99.5 Å². The van der Waals surface area contributed by atoms with E-state index in [2.05, 4.69) is 0 Å². The predicted octanol–water partition coefficient (Wildman–Crippen LogP) is 2.51. The molecule has 0 aromatic heterocycles. The lowest BCUT2D eigenvalue weighted by molar-refractivity contribution is 0.496. The Morgan fingerprint density at radius 2 is 1.94 bits per heavy atom. The highest BCUT2D eigenvalue weighted by molar-refractivity contribution is 7.95. The van der Waals surface area contributed by atoms with Crippen molar-refractivity contribution in [2.75, 3.05) is 0 Å². The Kier molecular flexibility index (Phi) is 2.11. The summed E-state index contributed by atoms with van der Waals surface area (Å²) in [7, 11) is -4.19. The second-order valence-electron chi connectivity index (χ2n) is 4.10. The topological polar surface area (TPSA) is 54.4 Å². The Hall–Kier alpha value is -1.65. The van der Waals surface area contributed by atoms with Crippen molar-refractivity contribution in [2.24, 2.45) is 0 Å². The second kappa shape index (κ2) is 3.42. The number of allylic oxidation sites excluding steroid dienone is 5. The van der Waals surface area contributed by atoms with E-state index in [9.17, 15) is 13.0 Å². The van der Waals surface area contributed by atoms with Crippen LogP contribution >= 0.6 is 0 Å². The minimum absolute atomic E-state index is 0.0145. The Balaban J connectivity index is 2.32. The SMILES string of the molecule is O=S(=O)(O)C1=CC2=CC=CC2c2ccccc21. The summed E-state index contributed by atoms with van der Waals surface area (Å²) in [5.41, 5.74) is 2.41. The van der Waals surface area contributed by atoms with Crippen LogP contribution in [-0.2, 0) is 10.1 Å². The van der Waals surface area contributed by atoms with Crippen molar-refractivity contribution in [1.82, 2.24) is 0 Å². The first kappa shape index (κ1) is 10.5. The van der Waals surface area contributed by atoms with Crippen molar-refractivity contribution in [3.8, 4) is 0 Å². The zero-order valence-corrected chi connectivity index (χ0v) is 9.68. The number of hydrogen-bond acceptors (Lipinski definition) is 2. The monoisotopic (exact) mass is 246 g/mol. The van der Waals surface area contributed by atoms with E-state index in [-0.39, 0.29) is 10.8 Å². The molecule has 2 aliphatic rings. The minimum Gasteiger partial charge on any atom is -0.282 e. The zero-order chi connectivity index (χ0) is 12.0. The van der Waals surface area contributed by atoms with E-state index in [0.717, 1.165) is 11.1 Å². The summed E-state index contributed by atoms with van der Waals surface area (Å²) in [4.78, 5) is -0.0145. The van der Waals surface area contributed by atoms with Gasteiger partial charge in [0, 0.05) is 5.92 Å². The number of rotatable bonds is 1. The first-order chi connectivity index (χ1) is 8.07. The highest BCUT2D eigenvalue weighted by Gasteiger charge is 2.29. The van der Waals surface area contributed by atoms with Gasteiger partial charge in [-0.3, -0.25) is 4.55 Å².